The fourth-order valence-corrected chi connectivity index (χ4v) is 2.29. The van der Waals surface area contributed by atoms with Crippen LogP contribution in [0.3, 0.4) is 0 Å². The summed E-state index contributed by atoms with van der Waals surface area (Å²) in [6.07, 6.45) is 3.63. The van der Waals surface area contributed by atoms with E-state index in [2.05, 4.69) is 20.3 Å². The highest BCUT2D eigenvalue weighted by atomic mass is 19.1. The summed E-state index contributed by atoms with van der Waals surface area (Å²) >= 11 is 0. The summed E-state index contributed by atoms with van der Waals surface area (Å²) in [4.78, 5) is 11.8. The van der Waals surface area contributed by atoms with Crippen molar-refractivity contribution in [3.8, 4) is 16.9 Å². The first kappa shape index (κ1) is 15.3. The predicted molar refractivity (Wildman–Crippen MR) is 89.6 cm³/mol. The number of nitrogens with zero attached hydrogens (tertiary/aromatic N) is 2. The van der Waals surface area contributed by atoms with Crippen LogP contribution in [-0.2, 0) is 0 Å². The average Bonchev–Trinajstić information content (AvgIpc) is 2.95. The number of H-pyrrole nitrogens is 1. The van der Waals surface area contributed by atoms with Gasteiger partial charge in [-0.05, 0) is 31.5 Å². The van der Waals surface area contributed by atoms with Crippen molar-refractivity contribution in [2.24, 2.45) is 0 Å². The van der Waals surface area contributed by atoms with Crippen LogP contribution in [0.5, 0.6) is 5.75 Å². The molecule has 0 radical (unpaired) electrons. The SMILES string of the molecule is COc1ccc(-c2c[nH]c3nc(NCC(C)(C)F)ncc23)cc1. The van der Waals surface area contributed by atoms with Crippen LogP contribution >= 0.6 is 0 Å². The van der Waals surface area contributed by atoms with Gasteiger partial charge in [-0.1, -0.05) is 12.1 Å². The molecule has 5 nitrogen and oxygen atoms in total. The van der Waals surface area contributed by atoms with Crippen molar-refractivity contribution in [2.75, 3.05) is 19.0 Å². The zero-order chi connectivity index (χ0) is 16.4. The molecular weight excluding hydrogens is 295 g/mol. The number of ether oxygens (including phenoxy) is 1. The smallest absolute Gasteiger partial charge is 0.224 e. The standard InChI is InChI=1S/C17H19FN4O/c1-17(2,18)10-21-16-20-9-14-13(8-19-15(14)22-16)11-4-6-12(23-3)7-5-11/h4-9H,10H2,1-3H3,(H2,19,20,21,22). The lowest BCUT2D eigenvalue weighted by molar-refractivity contribution is 0.234. The van der Waals surface area contributed by atoms with Gasteiger partial charge in [0.1, 0.15) is 17.1 Å². The normalized spacial score (nSPS) is 11.7. The number of aromatic amines is 1. The fourth-order valence-electron chi connectivity index (χ4n) is 2.29. The molecule has 2 aromatic heterocycles. The third-order valence-electron chi connectivity index (χ3n) is 3.50. The molecule has 0 amide bonds. The third kappa shape index (κ3) is 3.41. The Kier molecular flexibility index (Phi) is 3.90. The van der Waals surface area contributed by atoms with Crippen molar-refractivity contribution >= 4 is 17.0 Å². The molecule has 1 aromatic carbocycles. The van der Waals surface area contributed by atoms with Gasteiger partial charge in [0.05, 0.1) is 13.7 Å². The van der Waals surface area contributed by atoms with Gasteiger partial charge >= 0.3 is 0 Å². The second-order valence-electron chi connectivity index (χ2n) is 5.96. The number of hydrogen-bond donors (Lipinski definition) is 2. The number of nitrogens with one attached hydrogen (secondary N) is 2. The molecule has 3 rings (SSSR count). The van der Waals surface area contributed by atoms with E-state index >= 15 is 0 Å². The summed E-state index contributed by atoms with van der Waals surface area (Å²) in [7, 11) is 1.64. The highest BCUT2D eigenvalue weighted by Crippen LogP contribution is 2.29. The topological polar surface area (TPSA) is 62.8 Å². The van der Waals surface area contributed by atoms with Crippen LogP contribution in [-0.4, -0.2) is 34.3 Å². The van der Waals surface area contributed by atoms with E-state index in [1.807, 2.05) is 30.5 Å². The van der Waals surface area contributed by atoms with Crippen LogP contribution in [0.15, 0.2) is 36.7 Å². The van der Waals surface area contributed by atoms with Crippen molar-refractivity contribution in [3.05, 3.63) is 36.7 Å². The summed E-state index contributed by atoms with van der Waals surface area (Å²) in [5, 5.41) is 3.82. The summed E-state index contributed by atoms with van der Waals surface area (Å²) in [6.45, 7) is 3.18. The first-order valence-corrected chi connectivity index (χ1v) is 7.37. The lowest BCUT2D eigenvalue weighted by atomic mass is 10.1. The molecule has 0 aliphatic carbocycles. The predicted octanol–water partition coefficient (Wildman–Crippen LogP) is 3.79. The molecule has 0 unspecified atom stereocenters. The number of anilines is 1. The molecular formula is C17H19FN4O. The maximum absolute atomic E-state index is 13.5. The Labute approximate surface area is 133 Å². The maximum Gasteiger partial charge on any atom is 0.224 e. The molecule has 0 aliphatic heterocycles. The van der Waals surface area contributed by atoms with E-state index in [1.54, 1.807) is 13.3 Å². The number of halogens is 1. The number of methoxy groups -OCH3 is 1. The van der Waals surface area contributed by atoms with E-state index in [4.69, 9.17) is 4.74 Å². The van der Waals surface area contributed by atoms with Crippen molar-refractivity contribution in [1.82, 2.24) is 15.0 Å². The number of benzene rings is 1. The summed E-state index contributed by atoms with van der Waals surface area (Å²) in [6, 6.07) is 7.79. The summed E-state index contributed by atoms with van der Waals surface area (Å²) in [5.74, 6) is 1.22. The molecule has 23 heavy (non-hydrogen) atoms. The first-order chi connectivity index (χ1) is 11.0. The maximum atomic E-state index is 13.5. The van der Waals surface area contributed by atoms with Crippen LogP contribution in [0.4, 0.5) is 10.3 Å². The van der Waals surface area contributed by atoms with Gasteiger partial charge in [-0.15, -0.1) is 0 Å². The Balaban J connectivity index is 1.89. The molecule has 0 atom stereocenters. The third-order valence-corrected chi connectivity index (χ3v) is 3.50. The van der Waals surface area contributed by atoms with Gasteiger partial charge in [-0.3, -0.25) is 0 Å². The van der Waals surface area contributed by atoms with E-state index in [1.165, 1.54) is 13.8 Å². The highest BCUT2D eigenvalue weighted by molar-refractivity contribution is 5.93. The molecule has 0 spiro atoms. The minimum atomic E-state index is -1.32. The second-order valence-corrected chi connectivity index (χ2v) is 5.96. The molecule has 0 bridgehead atoms. The Morgan fingerprint density at radius 2 is 2.00 bits per heavy atom. The number of fused-ring (bicyclic) bond motifs is 1. The van der Waals surface area contributed by atoms with Gasteiger partial charge in [0.2, 0.25) is 5.95 Å². The van der Waals surface area contributed by atoms with Crippen molar-refractivity contribution < 1.29 is 9.13 Å². The van der Waals surface area contributed by atoms with E-state index in [-0.39, 0.29) is 6.54 Å². The quantitative estimate of drug-likeness (QED) is 0.752. The largest absolute Gasteiger partial charge is 0.497 e. The Morgan fingerprint density at radius 3 is 2.65 bits per heavy atom. The van der Waals surface area contributed by atoms with Gasteiger partial charge in [0.15, 0.2) is 0 Å². The fraction of sp³-hybridized carbons (Fsp3) is 0.294. The van der Waals surface area contributed by atoms with Crippen LogP contribution in [0.25, 0.3) is 22.2 Å². The molecule has 2 N–H and O–H groups in total. The van der Waals surface area contributed by atoms with E-state index < -0.39 is 5.67 Å². The minimum absolute atomic E-state index is 0.157. The van der Waals surface area contributed by atoms with Crippen LogP contribution in [0.2, 0.25) is 0 Å². The zero-order valence-electron chi connectivity index (χ0n) is 13.4. The molecule has 6 heteroatoms. The first-order valence-electron chi connectivity index (χ1n) is 7.37. The van der Waals surface area contributed by atoms with Crippen LogP contribution in [0, 0.1) is 0 Å². The second kappa shape index (κ2) is 5.87. The summed E-state index contributed by atoms with van der Waals surface area (Å²) < 4.78 is 18.7. The van der Waals surface area contributed by atoms with E-state index in [0.29, 0.717) is 11.6 Å². The number of alkyl halides is 1. The number of aromatic nitrogens is 3. The van der Waals surface area contributed by atoms with Crippen molar-refractivity contribution in [3.63, 3.8) is 0 Å². The van der Waals surface area contributed by atoms with Gasteiger partial charge in [-0.25, -0.2) is 9.37 Å². The molecule has 2 heterocycles. The number of rotatable bonds is 5. The molecule has 3 aromatic rings. The molecule has 0 saturated heterocycles. The van der Waals surface area contributed by atoms with Crippen molar-refractivity contribution in [1.29, 1.82) is 0 Å². The lowest BCUT2D eigenvalue weighted by Gasteiger charge is -2.14. The van der Waals surface area contributed by atoms with Gasteiger partial charge < -0.3 is 15.0 Å². The Hall–Kier alpha value is -2.63. The van der Waals surface area contributed by atoms with Crippen LogP contribution in [0.1, 0.15) is 13.8 Å². The van der Waals surface area contributed by atoms with Gasteiger partial charge in [0.25, 0.3) is 0 Å². The van der Waals surface area contributed by atoms with Gasteiger partial charge in [0, 0.05) is 23.3 Å². The highest BCUT2D eigenvalue weighted by Gasteiger charge is 2.16. The molecule has 0 saturated carbocycles. The monoisotopic (exact) mass is 314 g/mol. The zero-order valence-corrected chi connectivity index (χ0v) is 13.4. The van der Waals surface area contributed by atoms with Crippen molar-refractivity contribution in [2.45, 2.75) is 19.5 Å². The van der Waals surface area contributed by atoms with Gasteiger partial charge in [-0.2, -0.15) is 4.98 Å². The Morgan fingerprint density at radius 1 is 1.26 bits per heavy atom. The number of hydrogen-bond acceptors (Lipinski definition) is 4. The lowest BCUT2D eigenvalue weighted by Crippen LogP contribution is -2.25. The van der Waals surface area contributed by atoms with Crippen LogP contribution < -0.4 is 10.1 Å². The van der Waals surface area contributed by atoms with E-state index in [9.17, 15) is 4.39 Å². The molecule has 0 aliphatic rings. The minimum Gasteiger partial charge on any atom is -0.497 e. The molecule has 0 fully saturated rings. The van der Waals surface area contributed by atoms with E-state index in [0.717, 1.165) is 22.3 Å². The average molecular weight is 314 g/mol. The summed E-state index contributed by atoms with van der Waals surface area (Å²) in [5.41, 5.74) is 1.46. The molecule has 120 valence electrons. The Bertz CT molecular complexity index is 806.